The fourth-order valence-corrected chi connectivity index (χ4v) is 4.48. The van der Waals surface area contributed by atoms with Gasteiger partial charge in [-0.15, -0.1) is 0 Å². The van der Waals surface area contributed by atoms with Crippen LogP contribution in [0, 0.1) is 0 Å². The van der Waals surface area contributed by atoms with Gasteiger partial charge >= 0.3 is 6.03 Å². The van der Waals surface area contributed by atoms with Crippen LogP contribution in [0.4, 0.5) is 4.79 Å². The van der Waals surface area contributed by atoms with Gasteiger partial charge < -0.3 is 9.84 Å². The molecule has 0 fully saturated rings. The van der Waals surface area contributed by atoms with E-state index in [1.165, 1.54) is 5.56 Å². The monoisotopic (exact) mass is 484 g/mol. The third-order valence-electron chi connectivity index (χ3n) is 6.29. The lowest BCUT2D eigenvalue weighted by atomic mass is 9.94. The van der Waals surface area contributed by atoms with Gasteiger partial charge in [-0.2, -0.15) is 4.98 Å². The number of nitrogens with one attached hydrogen (secondary N) is 1. The number of allylic oxidation sites excluding steroid dienone is 1. The van der Waals surface area contributed by atoms with Crippen LogP contribution in [-0.2, 0) is 13.0 Å². The summed E-state index contributed by atoms with van der Waals surface area (Å²) in [6, 6.07) is 24.8. The molecule has 4 aromatic rings. The molecule has 6 nitrogen and oxygen atoms in total. The number of urea groups is 1. The lowest BCUT2D eigenvalue weighted by molar-refractivity contribution is 0.203. The Morgan fingerprint density at radius 3 is 2.43 bits per heavy atom. The number of carbonyl (C=O) groups excluding carboxylic acids is 1. The molecule has 0 bridgehead atoms. The fraction of sp³-hybridized carbons (Fsp3) is 0.179. The molecule has 1 aromatic heterocycles. The second-order valence-corrected chi connectivity index (χ2v) is 8.85. The Labute approximate surface area is 209 Å². The zero-order valence-electron chi connectivity index (χ0n) is 19.5. The van der Waals surface area contributed by atoms with Crippen molar-refractivity contribution in [3.05, 3.63) is 112 Å². The van der Waals surface area contributed by atoms with Crippen LogP contribution < -0.4 is 5.32 Å². The lowest BCUT2D eigenvalue weighted by Gasteiger charge is -2.35. The molecular weight excluding hydrogens is 460 g/mol. The number of rotatable bonds is 6. The summed E-state index contributed by atoms with van der Waals surface area (Å²) in [6.07, 6.45) is 0.962. The van der Waals surface area contributed by atoms with Crippen molar-refractivity contribution in [2.75, 3.05) is 0 Å². The van der Waals surface area contributed by atoms with Crippen LogP contribution in [0.3, 0.4) is 0 Å². The van der Waals surface area contributed by atoms with Crippen molar-refractivity contribution in [3.8, 4) is 11.4 Å². The Morgan fingerprint density at radius 1 is 1.00 bits per heavy atom. The molecule has 35 heavy (non-hydrogen) atoms. The van der Waals surface area contributed by atoms with Crippen LogP contribution in [0.1, 0.15) is 42.5 Å². The molecule has 1 aliphatic heterocycles. The van der Waals surface area contributed by atoms with Crippen LogP contribution in [0.15, 0.2) is 89.1 Å². The summed E-state index contributed by atoms with van der Waals surface area (Å²) in [4.78, 5) is 19.6. The van der Waals surface area contributed by atoms with E-state index in [0.717, 1.165) is 34.4 Å². The Hall–Kier alpha value is -3.90. The van der Waals surface area contributed by atoms with E-state index >= 15 is 0 Å². The van der Waals surface area contributed by atoms with Crippen LogP contribution in [0.5, 0.6) is 0 Å². The standard InChI is InChI=1S/C28H25ClN4O2/c1-3-19-13-15-21(16-14-19)26-31-27(35-32-26)24-18(2)33(17-22-11-7-8-12-23(22)29)28(34)30-25(24)20-9-5-4-6-10-20/h4-16,25H,3,17H2,1-2H3,(H,30,34). The van der Waals surface area contributed by atoms with Gasteiger partial charge in [0.15, 0.2) is 0 Å². The second-order valence-electron chi connectivity index (χ2n) is 8.44. The number of amides is 2. The molecule has 0 saturated heterocycles. The molecule has 5 rings (SSSR count). The van der Waals surface area contributed by atoms with Gasteiger partial charge in [0.2, 0.25) is 5.82 Å². The fourth-order valence-electron chi connectivity index (χ4n) is 4.28. The molecule has 176 valence electrons. The Balaban J connectivity index is 1.58. The van der Waals surface area contributed by atoms with E-state index in [1.807, 2.05) is 73.7 Å². The maximum Gasteiger partial charge on any atom is 0.322 e. The van der Waals surface area contributed by atoms with Crippen LogP contribution in [0.2, 0.25) is 5.02 Å². The largest absolute Gasteiger partial charge is 0.334 e. The van der Waals surface area contributed by atoms with E-state index < -0.39 is 6.04 Å². The summed E-state index contributed by atoms with van der Waals surface area (Å²) in [6.45, 7) is 4.34. The van der Waals surface area contributed by atoms with E-state index in [9.17, 15) is 4.79 Å². The number of halogens is 1. The van der Waals surface area contributed by atoms with Crippen molar-refractivity contribution < 1.29 is 9.32 Å². The Kier molecular flexibility index (Phi) is 6.38. The smallest absolute Gasteiger partial charge is 0.322 e. The predicted octanol–water partition coefficient (Wildman–Crippen LogP) is 6.65. The van der Waals surface area contributed by atoms with Gasteiger partial charge in [-0.3, -0.25) is 4.90 Å². The number of hydrogen-bond acceptors (Lipinski definition) is 4. The number of hydrogen-bond donors (Lipinski definition) is 1. The third-order valence-corrected chi connectivity index (χ3v) is 6.66. The third kappa shape index (κ3) is 4.57. The summed E-state index contributed by atoms with van der Waals surface area (Å²) in [7, 11) is 0. The summed E-state index contributed by atoms with van der Waals surface area (Å²) in [5.41, 5.74) is 5.39. The molecule has 3 aromatic carbocycles. The predicted molar refractivity (Wildman–Crippen MR) is 136 cm³/mol. The minimum Gasteiger partial charge on any atom is -0.334 e. The molecule has 0 saturated carbocycles. The first-order chi connectivity index (χ1) is 17.0. The maximum atomic E-state index is 13.2. The SMILES string of the molecule is CCc1ccc(-c2noc(C3=C(C)N(Cc4ccccc4Cl)C(=O)NC3c3ccccc3)n2)cc1. The van der Waals surface area contributed by atoms with Crippen LogP contribution in [0.25, 0.3) is 17.0 Å². The second kappa shape index (κ2) is 9.76. The molecule has 0 aliphatic carbocycles. The van der Waals surface area contributed by atoms with Crippen molar-refractivity contribution in [3.63, 3.8) is 0 Å². The van der Waals surface area contributed by atoms with Gasteiger partial charge in [-0.05, 0) is 36.1 Å². The average Bonchev–Trinajstić information content (AvgIpc) is 3.37. The Bertz CT molecular complexity index is 1380. The molecule has 0 spiro atoms. The number of benzene rings is 3. The van der Waals surface area contributed by atoms with Gasteiger partial charge in [0.05, 0.1) is 18.2 Å². The summed E-state index contributed by atoms with van der Waals surface area (Å²) in [5, 5.41) is 7.98. The normalized spacial score (nSPS) is 15.9. The number of aromatic nitrogens is 2. The molecule has 0 radical (unpaired) electrons. The number of carbonyl (C=O) groups is 1. The van der Waals surface area contributed by atoms with Gasteiger partial charge in [-0.1, -0.05) is 96.5 Å². The van der Waals surface area contributed by atoms with Crippen molar-refractivity contribution in [2.24, 2.45) is 0 Å². The highest BCUT2D eigenvalue weighted by Gasteiger charge is 2.36. The highest BCUT2D eigenvalue weighted by atomic mass is 35.5. The number of aryl methyl sites for hydroxylation is 1. The van der Waals surface area contributed by atoms with Crippen molar-refractivity contribution in [1.82, 2.24) is 20.4 Å². The highest BCUT2D eigenvalue weighted by Crippen LogP contribution is 2.38. The van der Waals surface area contributed by atoms with E-state index in [2.05, 4.69) is 29.5 Å². The van der Waals surface area contributed by atoms with Gasteiger partial charge in [0, 0.05) is 16.3 Å². The molecule has 2 heterocycles. The van der Waals surface area contributed by atoms with Crippen molar-refractivity contribution in [2.45, 2.75) is 32.9 Å². The van der Waals surface area contributed by atoms with Crippen molar-refractivity contribution >= 4 is 23.2 Å². The van der Waals surface area contributed by atoms with Gasteiger partial charge in [-0.25, -0.2) is 4.79 Å². The molecule has 1 N–H and O–H groups in total. The molecular formula is C28H25ClN4O2. The summed E-state index contributed by atoms with van der Waals surface area (Å²) >= 11 is 6.39. The zero-order valence-corrected chi connectivity index (χ0v) is 20.3. The quantitative estimate of drug-likeness (QED) is 0.332. The van der Waals surface area contributed by atoms with E-state index in [4.69, 9.17) is 21.1 Å². The Morgan fingerprint density at radius 2 is 1.71 bits per heavy atom. The van der Waals surface area contributed by atoms with Crippen molar-refractivity contribution in [1.29, 1.82) is 0 Å². The van der Waals surface area contributed by atoms with E-state index in [-0.39, 0.29) is 6.03 Å². The molecule has 2 amide bonds. The molecule has 1 aliphatic rings. The van der Waals surface area contributed by atoms with Gasteiger partial charge in [0.25, 0.3) is 5.89 Å². The van der Waals surface area contributed by atoms with Crippen LogP contribution >= 0.6 is 11.6 Å². The number of nitrogens with zero attached hydrogens (tertiary/aromatic N) is 3. The first-order valence-electron chi connectivity index (χ1n) is 11.6. The molecule has 1 unspecified atom stereocenters. The van der Waals surface area contributed by atoms with E-state index in [0.29, 0.717) is 23.3 Å². The molecule has 1 atom stereocenters. The van der Waals surface area contributed by atoms with E-state index in [1.54, 1.807) is 4.90 Å². The lowest BCUT2D eigenvalue weighted by Crippen LogP contribution is -2.45. The first-order valence-corrected chi connectivity index (χ1v) is 11.9. The first kappa shape index (κ1) is 22.9. The average molecular weight is 485 g/mol. The topological polar surface area (TPSA) is 71.3 Å². The summed E-state index contributed by atoms with van der Waals surface area (Å²) in [5.74, 6) is 0.874. The van der Waals surface area contributed by atoms with Crippen LogP contribution in [-0.4, -0.2) is 21.1 Å². The highest BCUT2D eigenvalue weighted by molar-refractivity contribution is 6.31. The zero-order chi connectivity index (χ0) is 24.4. The molecule has 7 heteroatoms. The van der Waals surface area contributed by atoms with Gasteiger partial charge in [0.1, 0.15) is 0 Å². The minimum absolute atomic E-state index is 0.213. The summed E-state index contributed by atoms with van der Waals surface area (Å²) < 4.78 is 5.77. The maximum absolute atomic E-state index is 13.2. The minimum atomic E-state index is -0.429.